The van der Waals surface area contributed by atoms with Crippen LogP contribution in [0.3, 0.4) is 0 Å². The SMILES string of the molecule is COc1ccc(F)c(NC(C)c2ccc(Cl)cc2Cl)c1. The van der Waals surface area contributed by atoms with E-state index in [4.69, 9.17) is 27.9 Å². The molecule has 0 amide bonds. The van der Waals surface area contributed by atoms with E-state index >= 15 is 0 Å². The zero-order chi connectivity index (χ0) is 14.7. The van der Waals surface area contributed by atoms with E-state index in [1.807, 2.05) is 13.0 Å². The number of nitrogens with one attached hydrogen (secondary N) is 1. The van der Waals surface area contributed by atoms with E-state index in [1.165, 1.54) is 13.2 Å². The summed E-state index contributed by atoms with van der Waals surface area (Å²) in [5, 5.41) is 4.19. The quantitative estimate of drug-likeness (QED) is 0.825. The molecule has 0 saturated heterocycles. The molecule has 0 fully saturated rings. The maximum absolute atomic E-state index is 13.8. The molecule has 2 rings (SSSR count). The van der Waals surface area contributed by atoms with Gasteiger partial charge in [0.05, 0.1) is 18.8 Å². The number of ether oxygens (including phenoxy) is 1. The first-order valence-electron chi connectivity index (χ1n) is 6.06. The summed E-state index contributed by atoms with van der Waals surface area (Å²) in [4.78, 5) is 0. The van der Waals surface area contributed by atoms with Gasteiger partial charge in [0.25, 0.3) is 0 Å². The normalized spacial score (nSPS) is 12.1. The topological polar surface area (TPSA) is 21.3 Å². The molecule has 0 aromatic heterocycles. The lowest BCUT2D eigenvalue weighted by Crippen LogP contribution is -2.08. The highest BCUT2D eigenvalue weighted by Gasteiger charge is 2.12. The van der Waals surface area contributed by atoms with Crippen LogP contribution in [0.25, 0.3) is 0 Å². The first-order chi connectivity index (χ1) is 9.51. The molecule has 2 aromatic rings. The predicted octanol–water partition coefficient (Wildman–Crippen LogP) is 5.31. The van der Waals surface area contributed by atoms with Crippen molar-refractivity contribution in [2.45, 2.75) is 13.0 Å². The van der Waals surface area contributed by atoms with Crippen LogP contribution in [0.2, 0.25) is 10.0 Å². The third-order valence-corrected chi connectivity index (χ3v) is 3.54. The van der Waals surface area contributed by atoms with Crippen LogP contribution in [0.1, 0.15) is 18.5 Å². The molecule has 0 bridgehead atoms. The lowest BCUT2D eigenvalue weighted by atomic mass is 10.1. The summed E-state index contributed by atoms with van der Waals surface area (Å²) in [6.07, 6.45) is 0. The van der Waals surface area contributed by atoms with Gasteiger partial charge in [-0.25, -0.2) is 4.39 Å². The van der Waals surface area contributed by atoms with Crippen molar-refractivity contribution in [2.75, 3.05) is 12.4 Å². The highest BCUT2D eigenvalue weighted by atomic mass is 35.5. The summed E-state index contributed by atoms with van der Waals surface area (Å²) in [5.41, 5.74) is 1.21. The Bertz CT molecular complexity index is 619. The van der Waals surface area contributed by atoms with Crippen LogP contribution in [0.15, 0.2) is 36.4 Å². The van der Waals surface area contributed by atoms with Crippen molar-refractivity contribution < 1.29 is 9.13 Å². The molecule has 0 aliphatic heterocycles. The molecular formula is C15H14Cl2FNO. The maximum atomic E-state index is 13.8. The van der Waals surface area contributed by atoms with Crippen molar-refractivity contribution in [1.82, 2.24) is 0 Å². The van der Waals surface area contributed by atoms with Crippen molar-refractivity contribution in [2.24, 2.45) is 0 Å². The second kappa shape index (κ2) is 6.33. The smallest absolute Gasteiger partial charge is 0.146 e. The average molecular weight is 314 g/mol. The molecule has 0 saturated carbocycles. The number of hydrogen-bond donors (Lipinski definition) is 1. The van der Waals surface area contributed by atoms with Gasteiger partial charge in [-0.2, -0.15) is 0 Å². The molecule has 2 aromatic carbocycles. The number of hydrogen-bond acceptors (Lipinski definition) is 2. The number of methoxy groups -OCH3 is 1. The van der Waals surface area contributed by atoms with E-state index in [1.54, 1.807) is 24.3 Å². The fraction of sp³-hybridized carbons (Fsp3) is 0.200. The van der Waals surface area contributed by atoms with Gasteiger partial charge < -0.3 is 10.1 Å². The van der Waals surface area contributed by atoms with E-state index in [0.717, 1.165) is 5.56 Å². The second-order valence-corrected chi connectivity index (χ2v) is 5.22. The monoisotopic (exact) mass is 313 g/mol. The van der Waals surface area contributed by atoms with Gasteiger partial charge in [-0.05, 0) is 36.8 Å². The zero-order valence-corrected chi connectivity index (χ0v) is 12.6. The van der Waals surface area contributed by atoms with Crippen LogP contribution in [-0.4, -0.2) is 7.11 Å². The Kier molecular flexibility index (Phi) is 4.73. The Morgan fingerprint density at radius 1 is 1.15 bits per heavy atom. The Balaban J connectivity index is 2.25. The largest absolute Gasteiger partial charge is 0.497 e. The van der Waals surface area contributed by atoms with Crippen LogP contribution < -0.4 is 10.1 Å². The number of rotatable bonds is 4. The molecule has 0 radical (unpaired) electrons. The lowest BCUT2D eigenvalue weighted by Gasteiger charge is -2.18. The van der Waals surface area contributed by atoms with Crippen LogP contribution in [0.5, 0.6) is 5.75 Å². The van der Waals surface area contributed by atoms with Gasteiger partial charge in [-0.15, -0.1) is 0 Å². The molecule has 2 nitrogen and oxygen atoms in total. The van der Waals surface area contributed by atoms with E-state index in [2.05, 4.69) is 5.32 Å². The molecule has 0 aliphatic rings. The molecule has 1 atom stereocenters. The van der Waals surface area contributed by atoms with E-state index in [-0.39, 0.29) is 11.9 Å². The molecule has 0 aliphatic carbocycles. The first kappa shape index (κ1) is 14.9. The van der Waals surface area contributed by atoms with E-state index in [0.29, 0.717) is 21.5 Å². The number of benzene rings is 2. The summed E-state index contributed by atoms with van der Waals surface area (Å²) < 4.78 is 18.9. The minimum Gasteiger partial charge on any atom is -0.497 e. The maximum Gasteiger partial charge on any atom is 0.146 e. The van der Waals surface area contributed by atoms with Crippen LogP contribution in [0.4, 0.5) is 10.1 Å². The first-order valence-corrected chi connectivity index (χ1v) is 6.82. The van der Waals surface area contributed by atoms with Crippen LogP contribution in [0, 0.1) is 5.82 Å². The lowest BCUT2D eigenvalue weighted by molar-refractivity contribution is 0.414. The molecular weight excluding hydrogens is 300 g/mol. The van der Waals surface area contributed by atoms with Gasteiger partial charge in [-0.1, -0.05) is 29.3 Å². The van der Waals surface area contributed by atoms with Crippen LogP contribution in [-0.2, 0) is 0 Å². The number of anilines is 1. The fourth-order valence-electron chi connectivity index (χ4n) is 1.91. The minimum atomic E-state index is -0.345. The third kappa shape index (κ3) is 3.35. The van der Waals surface area contributed by atoms with Crippen molar-refractivity contribution in [3.05, 3.63) is 57.8 Å². The average Bonchev–Trinajstić information content (AvgIpc) is 2.41. The molecule has 1 N–H and O–H groups in total. The molecule has 20 heavy (non-hydrogen) atoms. The summed E-state index contributed by atoms with van der Waals surface area (Å²) >= 11 is 12.0. The summed E-state index contributed by atoms with van der Waals surface area (Å²) in [5.74, 6) is 0.242. The highest BCUT2D eigenvalue weighted by molar-refractivity contribution is 6.35. The summed E-state index contributed by atoms with van der Waals surface area (Å²) in [6, 6.07) is 9.61. The van der Waals surface area contributed by atoms with Crippen molar-refractivity contribution >= 4 is 28.9 Å². The minimum absolute atomic E-state index is 0.165. The van der Waals surface area contributed by atoms with Crippen molar-refractivity contribution in [3.63, 3.8) is 0 Å². The van der Waals surface area contributed by atoms with E-state index in [9.17, 15) is 4.39 Å². The van der Waals surface area contributed by atoms with Crippen molar-refractivity contribution in [3.8, 4) is 5.75 Å². The van der Waals surface area contributed by atoms with Crippen LogP contribution >= 0.6 is 23.2 Å². The molecule has 0 spiro atoms. The van der Waals surface area contributed by atoms with Gasteiger partial charge in [0, 0.05) is 16.1 Å². The molecule has 106 valence electrons. The Hall–Kier alpha value is -1.45. The molecule has 0 heterocycles. The zero-order valence-electron chi connectivity index (χ0n) is 11.1. The van der Waals surface area contributed by atoms with E-state index < -0.39 is 0 Å². The standard InChI is InChI=1S/C15H14Cl2FNO/c1-9(12-5-3-10(16)7-13(12)17)19-15-8-11(20-2)4-6-14(15)18/h3-9,19H,1-2H3. The molecule has 5 heteroatoms. The Labute approximate surface area is 127 Å². The van der Waals surface area contributed by atoms with Gasteiger partial charge in [-0.3, -0.25) is 0 Å². The number of halogens is 3. The highest BCUT2D eigenvalue weighted by Crippen LogP contribution is 2.30. The summed E-state index contributed by atoms with van der Waals surface area (Å²) in [6.45, 7) is 1.90. The van der Waals surface area contributed by atoms with Gasteiger partial charge in [0.15, 0.2) is 0 Å². The fourth-order valence-corrected chi connectivity index (χ4v) is 2.48. The Morgan fingerprint density at radius 3 is 2.55 bits per heavy atom. The Morgan fingerprint density at radius 2 is 1.90 bits per heavy atom. The third-order valence-electron chi connectivity index (χ3n) is 2.97. The summed E-state index contributed by atoms with van der Waals surface area (Å²) in [7, 11) is 1.54. The van der Waals surface area contributed by atoms with Crippen molar-refractivity contribution in [1.29, 1.82) is 0 Å². The molecule has 1 unspecified atom stereocenters. The van der Waals surface area contributed by atoms with Gasteiger partial charge in [0.2, 0.25) is 0 Å². The van der Waals surface area contributed by atoms with Gasteiger partial charge >= 0.3 is 0 Å². The second-order valence-electron chi connectivity index (χ2n) is 4.38. The predicted molar refractivity (Wildman–Crippen MR) is 81.5 cm³/mol. The van der Waals surface area contributed by atoms with Gasteiger partial charge in [0.1, 0.15) is 11.6 Å².